The van der Waals surface area contributed by atoms with E-state index in [9.17, 15) is 4.79 Å². The van der Waals surface area contributed by atoms with Crippen LogP contribution in [0.4, 0.5) is 0 Å². The molecule has 0 spiro atoms. The Morgan fingerprint density at radius 2 is 1.94 bits per heavy atom. The van der Waals surface area contributed by atoms with Gasteiger partial charge in [-0.25, -0.2) is 0 Å². The number of benzene rings is 1. The molecule has 1 aromatic carbocycles. The molecule has 1 N–H and O–H groups in total. The van der Waals surface area contributed by atoms with Crippen molar-refractivity contribution in [1.29, 1.82) is 0 Å². The second kappa shape index (κ2) is 7.17. The fraction of sp³-hybridized carbons (Fsp3) is 0.533. The SMILES string of the molecule is CCOc1ccccc1C(=O)C(C)NCC(C)C. The molecule has 0 bridgehead atoms. The molecule has 0 saturated heterocycles. The Kier molecular flexibility index (Phi) is 5.86. The molecule has 3 heteroatoms. The fourth-order valence-corrected chi connectivity index (χ4v) is 1.69. The van der Waals surface area contributed by atoms with E-state index in [1.54, 1.807) is 0 Å². The van der Waals surface area contributed by atoms with E-state index in [-0.39, 0.29) is 11.8 Å². The number of ether oxygens (including phenoxy) is 1. The van der Waals surface area contributed by atoms with Crippen molar-refractivity contribution in [1.82, 2.24) is 5.32 Å². The predicted octanol–water partition coefficient (Wildman–Crippen LogP) is 2.90. The topological polar surface area (TPSA) is 38.3 Å². The summed E-state index contributed by atoms with van der Waals surface area (Å²) >= 11 is 0. The second-order valence-corrected chi connectivity index (χ2v) is 4.82. The summed E-state index contributed by atoms with van der Waals surface area (Å²) in [5.74, 6) is 1.28. The molecule has 0 aromatic heterocycles. The van der Waals surface area contributed by atoms with E-state index in [2.05, 4.69) is 19.2 Å². The van der Waals surface area contributed by atoms with E-state index in [0.717, 1.165) is 6.54 Å². The van der Waals surface area contributed by atoms with Gasteiger partial charge in [-0.15, -0.1) is 0 Å². The summed E-state index contributed by atoms with van der Waals surface area (Å²) in [6.45, 7) is 9.47. The normalized spacial score (nSPS) is 12.5. The quantitative estimate of drug-likeness (QED) is 0.755. The highest BCUT2D eigenvalue weighted by molar-refractivity contribution is 6.02. The molecule has 0 amide bonds. The second-order valence-electron chi connectivity index (χ2n) is 4.82. The Morgan fingerprint density at radius 1 is 1.28 bits per heavy atom. The van der Waals surface area contributed by atoms with Gasteiger partial charge in [-0.2, -0.15) is 0 Å². The van der Waals surface area contributed by atoms with E-state index in [0.29, 0.717) is 23.8 Å². The lowest BCUT2D eigenvalue weighted by atomic mass is 10.0. The van der Waals surface area contributed by atoms with E-state index in [1.165, 1.54) is 0 Å². The van der Waals surface area contributed by atoms with Gasteiger partial charge in [-0.1, -0.05) is 26.0 Å². The Bertz CT molecular complexity index is 388. The molecule has 0 aliphatic carbocycles. The van der Waals surface area contributed by atoms with Crippen molar-refractivity contribution in [3.63, 3.8) is 0 Å². The number of hydrogen-bond donors (Lipinski definition) is 1. The van der Waals surface area contributed by atoms with Crippen LogP contribution in [0.2, 0.25) is 0 Å². The Morgan fingerprint density at radius 3 is 2.56 bits per heavy atom. The van der Waals surface area contributed by atoms with Gasteiger partial charge in [0, 0.05) is 0 Å². The molecule has 0 saturated carbocycles. The summed E-state index contributed by atoms with van der Waals surface area (Å²) in [5, 5.41) is 3.24. The van der Waals surface area contributed by atoms with Crippen molar-refractivity contribution in [3.8, 4) is 5.75 Å². The molecule has 1 unspecified atom stereocenters. The van der Waals surface area contributed by atoms with Crippen molar-refractivity contribution in [2.24, 2.45) is 5.92 Å². The molecule has 0 radical (unpaired) electrons. The Hall–Kier alpha value is -1.35. The number of para-hydroxylation sites is 1. The third-order valence-corrected chi connectivity index (χ3v) is 2.68. The van der Waals surface area contributed by atoms with Crippen LogP contribution in [-0.4, -0.2) is 25.0 Å². The number of rotatable bonds is 7. The van der Waals surface area contributed by atoms with E-state index in [1.807, 2.05) is 38.1 Å². The molecule has 100 valence electrons. The van der Waals surface area contributed by atoms with Gasteiger partial charge in [0.1, 0.15) is 5.75 Å². The number of nitrogens with one attached hydrogen (secondary N) is 1. The van der Waals surface area contributed by atoms with Crippen LogP contribution in [0.3, 0.4) is 0 Å². The van der Waals surface area contributed by atoms with Crippen LogP contribution in [0.15, 0.2) is 24.3 Å². The summed E-state index contributed by atoms with van der Waals surface area (Å²) in [5.41, 5.74) is 0.656. The highest BCUT2D eigenvalue weighted by atomic mass is 16.5. The highest BCUT2D eigenvalue weighted by Gasteiger charge is 2.18. The lowest BCUT2D eigenvalue weighted by Gasteiger charge is -2.16. The molecule has 18 heavy (non-hydrogen) atoms. The minimum atomic E-state index is -0.186. The molecule has 0 fully saturated rings. The van der Waals surface area contributed by atoms with Crippen LogP contribution in [0.5, 0.6) is 5.75 Å². The summed E-state index contributed by atoms with van der Waals surface area (Å²) in [6.07, 6.45) is 0. The number of carbonyl (C=O) groups is 1. The molecule has 0 heterocycles. The van der Waals surface area contributed by atoms with E-state index in [4.69, 9.17) is 4.74 Å². The number of carbonyl (C=O) groups excluding carboxylic acids is 1. The lowest BCUT2D eigenvalue weighted by molar-refractivity contribution is 0.0946. The average molecular weight is 249 g/mol. The molecule has 0 aliphatic rings. The fourth-order valence-electron chi connectivity index (χ4n) is 1.69. The zero-order valence-corrected chi connectivity index (χ0v) is 11.7. The zero-order valence-electron chi connectivity index (χ0n) is 11.7. The Labute approximate surface area is 110 Å². The van der Waals surface area contributed by atoms with Gasteiger partial charge in [0.05, 0.1) is 18.2 Å². The standard InChI is InChI=1S/C15H23NO2/c1-5-18-14-9-7-6-8-13(14)15(17)12(4)16-10-11(2)3/h6-9,11-12,16H,5,10H2,1-4H3. The maximum Gasteiger partial charge on any atom is 0.183 e. The Balaban J connectivity index is 2.76. The molecule has 0 aliphatic heterocycles. The van der Waals surface area contributed by atoms with Crippen molar-refractivity contribution >= 4 is 5.78 Å². The van der Waals surface area contributed by atoms with Crippen LogP contribution in [0.25, 0.3) is 0 Å². The van der Waals surface area contributed by atoms with Gasteiger partial charge in [-0.3, -0.25) is 4.79 Å². The third-order valence-electron chi connectivity index (χ3n) is 2.68. The smallest absolute Gasteiger partial charge is 0.183 e. The monoisotopic (exact) mass is 249 g/mol. The molecule has 1 aromatic rings. The maximum absolute atomic E-state index is 12.3. The average Bonchev–Trinajstić information content (AvgIpc) is 2.36. The molecular weight excluding hydrogens is 226 g/mol. The van der Waals surface area contributed by atoms with Gasteiger partial charge in [-0.05, 0) is 38.4 Å². The minimum Gasteiger partial charge on any atom is -0.493 e. The summed E-state index contributed by atoms with van der Waals surface area (Å²) in [4.78, 5) is 12.3. The first-order chi connectivity index (χ1) is 8.56. The van der Waals surface area contributed by atoms with Crippen molar-refractivity contribution in [2.45, 2.75) is 33.7 Å². The van der Waals surface area contributed by atoms with Crippen molar-refractivity contribution in [2.75, 3.05) is 13.2 Å². The van der Waals surface area contributed by atoms with Crippen molar-refractivity contribution in [3.05, 3.63) is 29.8 Å². The van der Waals surface area contributed by atoms with Gasteiger partial charge in [0.15, 0.2) is 5.78 Å². The largest absolute Gasteiger partial charge is 0.493 e. The maximum atomic E-state index is 12.3. The molecule has 1 atom stereocenters. The van der Waals surface area contributed by atoms with Gasteiger partial charge in [0.25, 0.3) is 0 Å². The summed E-state index contributed by atoms with van der Waals surface area (Å²) in [7, 11) is 0. The van der Waals surface area contributed by atoms with Gasteiger partial charge < -0.3 is 10.1 Å². The van der Waals surface area contributed by atoms with Crippen molar-refractivity contribution < 1.29 is 9.53 Å². The molecule has 1 rings (SSSR count). The first-order valence-corrected chi connectivity index (χ1v) is 6.55. The third kappa shape index (κ3) is 4.15. The summed E-state index contributed by atoms with van der Waals surface area (Å²) < 4.78 is 5.49. The minimum absolute atomic E-state index is 0.0831. The van der Waals surface area contributed by atoms with E-state index < -0.39 is 0 Å². The number of ketones is 1. The van der Waals surface area contributed by atoms with Crippen LogP contribution < -0.4 is 10.1 Å². The highest BCUT2D eigenvalue weighted by Crippen LogP contribution is 2.19. The number of Topliss-reactive ketones (excluding diaryl/α,β-unsaturated/α-hetero) is 1. The predicted molar refractivity (Wildman–Crippen MR) is 74.2 cm³/mol. The summed E-state index contributed by atoms with van der Waals surface area (Å²) in [6, 6.07) is 7.22. The van der Waals surface area contributed by atoms with Crippen LogP contribution >= 0.6 is 0 Å². The molecule has 3 nitrogen and oxygen atoms in total. The molecular formula is C15H23NO2. The van der Waals surface area contributed by atoms with E-state index >= 15 is 0 Å². The lowest BCUT2D eigenvalue weighted by Crippen LogP contribution is -2.36. The van der Waals surface area contributed by atoms with Crippen LogP contribution in [0, 0.1) is 5.92 Å². The van der Waals surface area contributed by atoms with Crippen LogP contribution in [-0.2, 0) is 0 Å². The number of hydrogen-bond acceptors (Lipinski definition) is 3. The van der Waals surface area contributed by atoms with Gasteiger partial charge >= 0.3 is 0 Å². The first kappa shape index (κ1) is 14.7. The van der Waals surface area contributed by atoms with Gasteiger partial charge in [0.2, 0.25) is 0 Å². The zero-order chi connectivity index (χ0) is 13.5. The van der Waals surface area contributed by atoms with Crippen LogP contribution in [0.1, 0.15) is 38.1 Å². The first-order valence-electron chi connectivity index (χ1n) is 6.55.